The van der Waals surface area contributed by atoms with Crippen molar-refractivity contribution in [3.63, 3.8) is 0 Å². The molecule has 1 N–H and O–H groups in total. The molecule has 0 amide bonds. The molecule has 0 saturated heterocycles. The van der Waals surface area contributed by atoms with Crippen molar-refractivity contribution in [1.82, 2.24) is 4.98 Å². The van der Waals surface area contributed by atoms with Gasteiger partial charge in [0.2, 0.25) is 11.0 Å². The fraction of sp³-hybridized carbons (Fsp3) is 0.0769. The zero-order valence-corrected chi connectivity index (χ0v) is 19.3. The second-order valence-electron chi connectivity index (χ2n) is 7.99. The Hall–Kier alpha value is -4.50. The molecule has 6 aromatic rings. The van der Waals surface area contributed by atoms with Crippen molar-refractivity contribution in [2.45, 2.75) is 6.92 Å². The van der Waals surface area contributed by atoms with E-state index in [1.165, 1.54) is 24.5 Å². The fourth-order valence-corrected chi connectivity index (χ4v) is 4.87. The number of hydrogen-bond acceptors (Lipinski definition) is 9. The third kappa shape index (κ3) is 3.36. The second-order valence-corrected chi connectivity index (χ2v) is 8.84. The predicted octanol–water partition coefficient (Wildman–Crippen LogP) is 5.23. The molecule has 0 radical (unpaired) electrons. The van der Waals surface area contributed by atoms with E-state index in [-0.39, 0.29) is 27.5 Å². The molecule has 0 fully saturated rings. The number of methoxy groups -OCH3 is 1. The molecule has 4 aromatic heterocycles. The lowest BCUT2D eigenvalue weighted by atomic mass is 10.1. The number of rotatable bonds is 3. The highest BCUT2D eigenvalue weighted by Gasteiger charge is 2.19. The van der Waals surface area contributed by atoms with E-state index in [0.29, 0.717) is 38.7 Å². The Labute approximate surface area is 200 Å². The number of benzene rings is 2. The summed E-state index contributed by atoms with van der Waals surface area (Å²) in [5.74, 6) is 0.334. The molecule has 0 bridgehead atoms. The maximum atomic E-state index is 13.3. The first-order valence-electron chi connectivity index (χ1n) is 10.6. The van der Waals surface area contributed by atoms with Crippen LogP contribution >= 0.6 is 11.3 Å². The zero-order chi connectivity index (χ0) is 24.3. The van der Waals surface area contributed by atoms with Gasteiger partial charge < -0.3 is 18.0 Å². The summed E-state index contributed by atoms with van der Waals surface area (Å²) in [5, 5.41) is 11.7. The SMILES string of the molecule is COc1cc(C)cc2oc3oc(=N)c(-c4csc(-c5cc6ccccc6oc5=O)n4)cc3c(=O)c12. The molecule has 6 rings (SSSR count). The molecule has 4 heterocycles. The van der Waals surface area contributed by atoms with Crippen molar-refractivity contribution < 1.29 is 18.0 Å². The summed E-state index contributed by atoms with van der Waals surface area (Å²) >= 11 is 1.23. The molecule has 0 aliphatic rings. The highest BCUT2D eigenvalue weighted by molar-refractivity contribution is 7.13. The van der Waals surface area contributed by atoms with Crippen molar-refractivity contribution in [2.24, 2.45) is 0 Å². The van der Waals surface area contributed by atoms with E-state index in [1.807, 2.05) is 19.1 Å². The van der Waals surface area contributed by atoms with Gasteiger partial charge in [-0.05, 0) is 42.8 Å². The van der Waals surface area contributed by atoms with E-state index in [1.54, 1.807) is 35.7 Å². The topological polar surface area (TPSA) is 120 Å². The molecular formula is C26H16N2O6S. The Morgan fingerprint density at radius 3 is 2.63 bits per heavy atom. The number of fused-ring (bicyclic) bond motifs is 3. The van der Waals surface area contributed by atoms with Crippen LogP contribution in [0.1, 0.15) is 5.56 Å². The van der Waals surface area contributed by atoms with Crippen molar-refractivity contribution in [3.05, 3.63) is 85.7 Å². The van der Waals surface area contributed by atoms with Gasteiger partial charge in [-0.3, -0.25) is 10.2 Å². The van der Waals surface area contributed by atoms with Crippen LogP contribution in [-0.2, 0) is 0 Å². The van der Waals surface area contributed by atoms with Gasteiger partial charge in [0, 0.05) is 10.8 Å². The summed E-state index contributed by atoms with van der Waals surface area (Å²) in [4.78, 5) is 30.4. The van der Waals surface area contributed by atoms with Crippen LogP contribution in [0.2, 0.25) is 0 Å². The number of aromatic nitrogens is 1. The molecular weight excluding hydrogens is 468 g/mol. The van der Waals surface area contributed by atoms with Crippen LogP contribution in [0.3, 0.4) is 0 Å². The third-order valence-electron chi connectivity index (χ3n) is 5.70. The molecule has 0 unspecified atom stereocenters. The number of nitrogens with one attached hydrogen (secondary N) is 1. The first kappa shape index (κ1) is 21.1. The minimum Gasteiger partial charge on any atom is -0.496 e. The predicted molar refractivity (Wildman–Crippen MR) is 132 cm³/mol. The number of ether oxygens (including phenoxy) is 1. The summed E-state index contributed by atoms with van der Waals surface area (Å²) in [7, 11) is 1.49. The summed E-state index contributed by atoms with van der Waals surface area (Å²) in [6.45, 7) is 1.86. The van der Waals surface area contributed by atoms with Gasteiger partial charge in [0.05, 0.1) is 23.9 Å². The first-order chi connectivity index (χ1) is 16.9. The molecule has 2 aromatic carbocycles. The number of para-hydroxylation sites is 1. The monoisotopic (exact) mass is 484 g/mol. The van der Waals surface area contributed by atoms with Gasteiger partial charge in [-0.2, -0.15) is 0 Å². The summed E-state index contributed by atoms with van der Waals surface area (Å²) < 4.78 is 22.2. The molecule has 0 spiro atoms. The van der Waals surface area contributed by atoms with E-state index in [2.05, 4.69) is 4.98 Å². The number of nitrogens with zero attached hydrogens (tertiary/aromatic N) is 1. The molecule has 0 aliphatic heterocycles. The standard InChI is InChI=1S/C26H16N2O6S/c1-12-7-19(31-2)21-20(8-12)33-26-15(22(21)29)10-14(23(27)34-26)17-11-35-24(28-17)16-9-13-5-3-4-6-18(13)32-25(16)30/h3-11,27H,1-2H3. The smallest absolute Gasteiger partial charge is 0.346 e. The Bertz CT molecular complexity index is 1980. The van der Waals surface area contributed by atoms with Crippen LogP contribution in [0, 0.1) is 12.3 Å². The van der Waals surface area contributed by atoms with Gasteiger partial charge in [-0.25, -0.2) is 9.78 Å². The molecule has 0 atom stereocenters. The van der Waals surface area contributed by atoms with E-state index < -0.39 is 5.63 Å². The van der Waals surface area contributed by atoms with E-state index in [0.717, 1.165) is 10.9 Å². The van der Waals surface area contributed by atoms with Crippen LogP contribution < -0.4 is 21.3 Å². The van der Waals surface area contributed by atoms with E-state index in [9.17, 15) is 9.59 Å². The normalized spacial score (nSPS) is 11.5. The molecule has 0 aliphatic carbocycles. The first-order valence-corrected chi connectivity index (χ1v) is 11.4. The van der Waals surface area contributed by atoms with Crippen molar-refractivity contribution >= 4 is 44.4 Å². The number of thiazole rings is 1. The highest BCUT2D eigenvalue weighted by atomic mass is 32.1. The Morgan fingerprint density at radius 2 is 1.80 bits per heavy atom. The quantitative estimate of drug-likeness (QED) is 0.270. The van der Waals surface area contributed by atoms with Gasteiger partial charge in [0.15, 0.2) is 0 Å². The van der Waals surface area contributed by atoms with Crippen LogP contribution in [0.5, 0.6) is 5.75 Å². The molecule has 9 heteroatoms. The van der Waals surface area contributed by atoms with Gasteiger partial charge >= 0.3 is 11.4 Å². The molecule has 8 nitrogen and oxygen atoms in total. The fourth-order valence-electron chi connectivity index (χ4n) is 4.05. The lowest BCUT2D eigenvalue weighted by Gasteiger charge is -2.07. The zero-order valence-electron chi connectivity index (χ0n) is 18.5. The van der Waals surface area contributed by atoms with Crippen LogP contribution in [0.25, 0.3) is 54.9 Å². The van der Waals surface area contributed by atoms with Gasteiger partial charge in [0.1, 0.15) is 32.7 Å². The minimum atomic E-state index is -0.506. The summed E-state index contributed by atoms with van der Waals surface area (Å²) in [6.07, 6.45) is 0. The summed E-state index contributed by atoms with van der Waals surface area (Å²) in [5.41, 5.74) is 1.59. The maximum absolute atomic E-state index is 13.3. The average Bonchev–Trinajstić information content (AvgIpc) is 3.32. The van der Waals surface area contributed by atoms with Crippen molar-refractivity contribution in [3.8, 4) is 27.6 Å². The Kier molecular flexibility index (Phi) is 4.68. The van der Waals surface area contributed by atoms with Crippen LogP contribution in [0.15, 0.2) is 76.8 Å². The Balaban J connectivity index is 1.53. The van der Waals surface area contributed by atoms with Crippen molar-refractivity contribution in [1.29, 1.82) is 5.41 Å². The second kappa shape index (κ2) is 7.78. The molecule has 0 saturated carbocycles. The van der Waals surface area contributed by atoms with Crippen molar-refractivity contribution in [2.75, 3.05) is 7.11 Å². The number of hydrogen-bond donors (Lipinski definition) is 1. The van der Waals surface area contributed by atoms with E-state index >= 15 is 0 Å². The largest absolute Gasteiger partial charge is 0.496 e. The lowest BCUT2D eigenvalue weighted by molar-refractivity contribution is 0.417. The van der Waals surface area contributed by atoms with Crippen LogP contribution in [0.4, 0.5) is 0 Å². The van der Waals surface area contributed by atoms with Crippen LogP contribution in [-0.4, -0.2) is 12.1 Å². The third-order valence-corrected chi connectivity index (χ3v) is 6.58. The molecule has 172 valence electrons. The summed E-state index contributed by atoms with van der Waals surface area (Å²) in [6, 6.07) is 13.9. The Morgan fingerprint density at radius 1 is 0.971 bits per heavy atom. The minimum absolute atomic E-state index is 0.0606. The van der Waals surface area contributed by atoms with Gasteiger partial charge in [-0.15, -0.1) is 11.3 Å². The van der Waals surface area contributed by atoms with Gasteiger partial charge in [0.25, 0.3) is 0 Å². The van der Waals surface area contributed by atoms with E-state index in [4.69, 9.17) is 23.4 Å². The molecule has 35 heavy (non-hydrogen) atoms. The van der Waals surface area contributed by atoms with Gasteiger partial charge in [-0.1, -0.05) is 18.2 Å². The maximum Gasteiger partial charge on any atom is 0.346 e. The lowest BCUT2D eigenvalue weighted by Crippen LogP contribution is -2.10. The number of aryl methyl sites for hydroxylation is 1. The average molecular weight is 484 g/mol. The highest BCUT2D eigenvalue weighted by Crippen LogP contribution is 2.31.